The highest BCUT2D eigenvalue weighted by atomic mass is 35.5. The van der Waals surface area contributed by atoms with E-state index in [0.717, 1.165) is 44.8 Å². The van der Waals surface area contributed by atoms with Crippen LogP contribution in [-0.2, 0) is 19.5 Å². The molecule has 4 heterocycles. The van der Waals surface area contributed by atoms with Crippen LogP contribution in [0.4, 0.5) is 0 Å². The minimum absolute atomic E-state index is 0.0298. The molecule has 0 N–H and O–H groups in total. The van der Waals surface area contributed by atoms with Crippen molar-refractivity contribution in [3.05, 3.63) is 92.3 Å². The lowest BCUT2D eigenvalue weighted by Gasteiger charge is -2.28. The van der Waals surface area contributed by atoms with Gasteiger partial charge < -0.3 is 9.64 Å². The zero-order valence-corrected chi connectivity index (χ0v) is 20.9. The summed E-state index contributed by atoms with van der Waals surface area (Å²) in [6.07, 6.45) is 0.724. The van der Waals surface area contributed by atoms with E-state index in [1.807, 2.05) is 60.4 Å². The summed E-state index contributed by atoms with van der Waals surface area (Å²) < 4.78 is 7.53. The average molecular weight is 504 g/mol. The molecule has 7 nitrogen and oxygen atoms in total. The van der Waals surface area contributed by atoms with Crippen molar-refractivity contribution >= 4 is 34.6 Å². The number of amides is 1. The SMILES string of the molecule is COc1ccccc1C(=O)N1CCc2c(sc3c2C(c2ccccc2Cl)=NCc2nnc(C)n2-3)C1. The van der Waals surface area contributed by atoms with E-state index in [9.17, 15) is 4.79 Å². The lowest BCUT2D eigenvalue weighted by molar-refractivity contribution is 0.0733. The number of carbonyl (C=O) groups excluding carboxylic acids is 1. The number of rotatable bonds is 3. The van der Waals surface area contributed by atoms with E-state index in [2.05, 4.69) is 14.8 Å². The first-order chi connectivity index (χ1) is 17.1. The lowest BCUT2D eigenvalue weighted by Crippen LogP contribution is -2.36. The summed E-state index contributed by atoms with van der Waals surface area (Å²) in [6.45, 7) is 3.51. The van der Waals surface area contributed by atoms with Gasteiger partial charge in [0, 0.05) is 27.6 Å². The number of hydrogen-bond acceptors (Lipinski definition) is 6. The van der Waals surface area contributed by atoms with E-state index >= 15 is 0 Å². The quantitative estimate of drug-likeness (QED) is 0.400. The third-order valence-corrected chi connectivity index (χ3v) is 8.03. The van der Waals surface area contributed by atoms with E-state index in [-0.39, 0.29) is 5.91 Å². The molecule has 1 amide bonds. The minimum Gasteiger partial charge on any atom is -0.496 e. The first-order valence-electron chi connectivity index (χ1n) is 11.3. The molecule has 176 valence electrons. The Kier molecular flexibility index (Phi) is 5.42. The highest BCUT2D eigenvalue weighted by Gasteiger charge is 2.33. The molecule has 0 saturated carbocycles. The van der Waals surface area contributed by atoms with Gasteiger partial charge in [0.05, 0.1) is 24.9 Å². The number of carbonyl (C=O) groups is 1. The maximum absolute atomic E-state index is 13.4. The molecule has 6 rings (SSSR count). The van der Waals surface area contributed by atoms with Crippen LogP contribution in [0.15, 0.2) is 53.5 Å². The Bertz CT molecular complexity index is 1510. The van der Waals surface area contributed by atoms with Gasteiger partial charge in [-0.1, -0.05) is 41.9 Å². The highest BCUT2D eigenvalue weighted by Crippen LogP contribution is 2.41. The van der Waals surface area contributed by atoms with Crippen LogP contribution < -0.4 is 4.74 Å². The number of para-hydroxylation sites is 1. The summed E-state index contributed by atoms with van der Waals surface area (Å²) in [5.74, 6) is 2.17. The molecule has 4 aromatic rings. The molecule has 35 heavy (non-hydrogen) atoms. The number of ether oxygens (including phenoxy) is 1. The van der Waals surface area contributed by atoms with Crippen molar-refractivity contribution in [2.45, 2.75) is 26.4 Å². The third-order valence-electron chi connectivity index (χ3n) is 6.50. The average Bonchev–Trinajstić information content (AvgIpc) is 3.39. The second-order valence-corrected chi connectivity index (χ2v) is 10.00. The van der Waals surface area contributed by atoms with E-state index in [0.29, 0.717) is 36.0 Å². The number of aliphatic imine (C=N–C) groups is 1. The first-order valence-corrected chi connectivity index (χ1v) is 12.5. The predicted molar refractivity (Wildman–Crippen MR) is 136 cm³/mol. The Morgan fingerprint density at radius 3 is 2.74 bits per heavy atom. The Hall–Kier alpha value is -3.49. The van der Waals surface area contributed by atoms with Gasteiger partial charge in [-0.2, -0.15) is 0 Å². The van der Waals surface area contributed by atoms with E-state index in [4.69, 9.17) is 21.3 Å². The smallest absolute Gasteiger partial charge is 0.257 e. The Morgan fingerprint density at radius 2 is 1.91 bits per heavy atom. The van der Waals surface area contributed by atoms with E-state index in [1.165, 1.54) is 5.56 Å². The normalized spacial score (nSPS) is 14.5. The van der Waals surface area contributed by atoms with Crippen LogP contribution in [0.1, 0.15) is 43.6 Å². The summed E-state index contributed by atoms with van der Waals surface area (Å²) >= 11 is 8.31. The van der Waals surface area contributed by atoms with Gasteiger partial charge in [-0.05, 0) is 37.1 Å². The van der Waals surface area contributed by atoms with Crippen LogP contribution in [0.2, 0.25) is 5.02 Å². The maximum Gasteiger partial charge on any atom is 0.257 e. The number of fused-ring (bicyclic) bond motifs is 5. The summed E-state index contributed by atoms with van der Waals surface area (Å²) in [6, 6.07) is 15.2. The van der Waals surface area contributed by atoms with Crippen molar-refractivity contribution in [3.8, 4) is 10.8 Å². The Labute approximate surface area is 211 Å². The van der Waals surface area contributed by atoms with Gasteiger partial charge in [0.15, 0.2) is 5.82 Å². The second-order valence-electron chi connectivity index (χ2n) is 8.50. The number of halogens is 1. The number of methoxy groups -OCH3 is 1. The minimum atomic E-state index is -0.0298. The van der Waals surface area contributed by atoms with Gasteiger partial charge in [0.1, 0.15) is 23.1 Å². The van der Waals surface area contributed by atoms with Crippen LogP contribution in [0.3, 0.4) is 0 Å². The first kappa shape index (κ1) is 22.0. The molecule has 0 atom stereocenters. The molecule has 0 radical (unpaired) electrons. The molecule has 0 spiro atoms. The van der Waals surface area contributed by atoms with Gasteiger partial charge in [-0.3, -0.25) is 14.4 Å². The van der Waals surface area contributed by atoms with Crippen molar-refractivity contribution in [1.82, 2.24) is 19.7 Å². The number of benzene rings is 2. The zero-order valence-electron chi connectivity index (χ0n) is 19.3. The van der Waals surface area contributed by atoms with Crippen molar-refractivity contribution in [1.29, 1.82) is 0 Å². The molecular formula is C26H22ClN5O2S. The van der Waals surface area contributed by atoms with Crippen LogP contribution in [0.25, 0.3) is 5.00 Å². The van der Waals surface area contributed by atoms with Gasteiger partial charge in [0.2, 0.25) is 0 Å². The molecule has 0 saturated heterocycles. The fourth-order valence-electron chi connectivity index (χ4n) is 4.83. The number of aryl methyl sites for hydroxylation is 1. The van der Waals surface area contributed by atoms with Gasteiger partial charge in [0.25, 0.3) is 5.91 Å². The highest BCUT2D eigenvalue weighted by molar-refractivity contribution is 7.15. The lowest BCUT2D eigenvalue weighted by atomic mass is 9.95. The van der Waals surface area contributed by atoms with Crippen molar-refractivity contribution in [2.75, 3.05) is 13.7 Å². The van der Waals surface area contributed by atoms with Crippen molar-refractivity contribution in [2.24, 2.45) is 4.99 Å². The number of aromatic nitrogens is 3. The van der Waals surface area contributed by atoms with Crippen LogP contribution in [0, 0.1) is 6.92 Å². The van der Waals surface area contributed by atoms with E-state index in [1.54, 1.807) is 18.4 Å². The standard InChI is InChI=1S/C26H22ClN5O2S/c1-15-29-30-22-13-28-24(16-7-3-5-9-19(16)27)23-18-11-12-31(14-21(18)35-26(23)32(15)22)25(33)17-8-4-6-10-20(17)34-2/h3-10H,11-14H2,1-2H3. The van der Waals surface area contributed by atoms with Gasteiger partial charge in [-0.15, -0.1) is 21.5 Å². The molecule has 9 heteroatoms. The molecular weight excluding hydrogens is 482 g/mol. The number of thiophene rings is 1. The summed E-state index contributed by atoms with van der Waals surface area (Å²) in [7, 11) is 1.59. The fraction of sp³-hybridized carbons (Fsp3) is 0.231. The maximum atomic E-state index is 13.4. The van der Waals surface area contributed by atoms with Crippen LogP contribution >= 0.6 is 22.9 Å². The van der Waals surface area contributed by atoms with Crippen LogP contribution in [0.5, 0.6) is 5.75 Å². The zero-order chi connectivity index (χ0) is 24.1. The predicted octanol–water partition coefficient (Wildman–Crippen LogP) is 4.85. The summed E-state index contributed by atoms with van der Waals surface area (Å²) in [5.41, 5.74) is 4.64. The summed E-state index contributed by atoms with van der Waals surface area (Å²) in [4.78, 5) is 21.4. The Balaban J connectivity index is 1.46. The van der Waals surface area contributed by atoms with Crippen LogP contribution in [-0.4, -0.2) is 44.9 Å². The summed E-state index contributed by atoms with van der Waals surface area (Å²) in [5, 5.41) is 10.4. The molecule has 0 unspecified atom stereocenters. The molecule has 0 bridgehead atoms. The van der Waals surface area contributed by atoms with Crippen molar-refractivity contribution in [3.63, 3.8) is 0 Å². The molecule has 2 aliphatic heterocycles. The number of nitrogens with zero attached hydrogens (tertiary/aromatic N) is 5. The van der Waals surface area contributed by atoms with Gasteiger partial charge >= 0.3 is 0 Å². The monoisotopic (exact) mass is 503 g/mol. The number of hydrogen-bond donors (Lipinski definition) is 0. The molecule has 0 aliphatic carbocycles. The third kappa shape index (κ3) is 3.56. The second kappa shape index (κ2) is 8.62. The van der Waals surface area contributed by atoms with Crippen molar-refractivity contribution < 1.29 is 9.53 Å². The molecule has 2 aromatic heterocycles. The fourth-order valence-corrected chi connectivity index (χ4v) is 6.49. The Morgan fingerprint density at radius 1 is 1.11 bits per heavy atom. The van der Waals surface area contributed by atoms with Gasteiger partial charge in [-0.25, -0.2) is 0 Å². The molecule has 2 aromatic carbocycles. The largest absolute Gasteiger partial charge is 0.496 e. The molecule has 2 aliphatic rings. The molecule has 0 fully saturated rings. The topological polar surface area (TPSA) is 72.6 Å². The van der Waals surface area contributed by atoms with E-state index < -0.39 is 0 Å².